The smallest absolute Gasteiger partial charge is 0.256 e. The second-order valence-electron chi connectivity index (χ2n) is 3.43. The fourth-order valence-electron chi connectivity index (χ4n) is 1.42. The lowest BCUT2D eigenvalue weighted by molar-refractivity contribution is 0.0967. The Kier molecular flexibility index (Phi) is 2.96. The number of hydrogen-bond donors (Lipinski definition) is 0. The van der Waals surface area contributed by atoms with Gasteiger partial charge in [0.2, 0.25) is 0 Å². The molecule has 0 unspecified atom stereocenters. The summed E-state index contributed by atoms with van der Waals surface area (Å²) in [7, 11) is 0. The maximum Gasteiger partial charge on any atom is 0.256 e. The highest BCUT2D eigenvalue weighted by atomic mass is 16.1. The lowest BCUT2D eigenvalue weighted by Crippen LogP contribution is -2.07. The maximum absolute atomic E-state index is 11.7. The molecule has 2 aromatic rings. The Morgan fingerprint density at radius 2 is 2.06 bits per heavy atom. The van der Waals surface area contributed by atoms with Gasteiger partial charge in [-0.3, -0.25) is 9.36 Å². The summed E-state index contributed by atoms with van der Waals surface area (Å²) in [5, 5.41) is 0. The van der Waals surface area contributed by atoms with Crippen LogP contribution in [0.1, 0.15) is 16.2 Å². The first-order valence-corrected chi connectivity index (χ1v) is 5.05. The van der Waals surface area contributed by atoms with Crippen LogP contribution in [0.5, 0.6) is 0 Å². The van der Waals surface area contributed by atoms with Gasteiger partial charge in [-0.2, -0.15) is 0 Å². The summed E-state index contributed by atoms with van der Waals surface area (Å²) in [6.07, 6.45) is 6.61. The van der Waals surface area contributed by atoms with E-state index in [1.54, 1.807) is 31.5 Å². The second-order valence-corrected chi connectivity index (χ2v) is 3.43. The normalized spacial score (nSPS) is 10.8. The predicted octanol–water partition coefficient (Wildman–Crippen LogP) is 2.55. The zero-order chi connectivity index (χ0) is 11.4. The number of aromatic nitrogens is 2. The molecule has 0 saturated carbocycles. The zero-order valence-electron chi connectivity index (χ0n) is 9.00. The predicted molar refractivity (Wildman–Crippen MR) is 63.1 cm³/mol. The largest absolute Gasteiger partial charge is 0.270 e. The number of carbonyl (C=O) groups excluding carboxylic acids is 1. The number of nitrogens with zero attached hydrogens (tertiary/aromatic N) is 2. The highest BCUT2D eigenvalue weighted by Gasteiger charge is 2.02. The van der Waals surface area contributed by atoms with E-state index in [-0.39, 0.29) is 5.91 Å². The van der Waals surface area contributed by atoms with Gasteiger partial charge >= 0.3 is 0 Å². The van der Waals surface area contributed by atoms with Crippen LogP contribution in [-0.4, -0.2) is 15.5 Å². The van der Waals surface area contributed by atoms with Crippen LogP contribution >= 0.6 is 0 Å². The molecule has 0 atom stereocenters. The fourth-order valence-corrected chi connectivity index (χ4v) is 1.42. The Morgan fingerprint density at radius 1 is 1.31 bits per heavy atom. The van der Waals surface area contributed by atoms with Crippen molar-refractivity contribution in [2.45, 2.75) is 6.92 Å². The van der Waals surface area contributed by atoms with Gasteiger partial charge in [0.1, 0.15) is 5.82 Å². The number of allylic oxidation sites excluding steroid dienone is 1. The van der Waals surface area contributed by atoms with Crippen molar-refractivity contribution >= 4 is 12.0 Å². The topological polar surface area (TPSA) is 34.9 Å². The Morgan fingerprint density at radius 3 is 2.69 bits per heavy atom. The summed E-state index contributed by atoms with van der Waals surface area (Å²) in [5.74, 6) is 0.613. The minimum absolute atomic E-state index is 0.0844. The first-order valence-electron chi connectivity index (χ1n) is 5.05. The van der Waals surface area contributed by atoms with Gasteiger partial charge in [-0.1, -0.05) is 30.3 Å². The molecule has 0 radical (unpaired) electrons. The zero-order valence-corrected chi connectivity index (χ0v) is 9.00. The molecule has 80 valence electrons. The summed E-state index contributed by atoms with van der Waals surface area (Å²) >= 11 is 0. The molecule has 0 fully saturated rings. The lowest BCUT2D eigenvalue weighted by atomic mass is 10.2. The SMILES string of the molecule is Cc1nccn1C(=O)/C=C/c1ccccc1. The van der Waals surface area contributed by atoms with Gasteiger partial charge in [-0.15, -0.1) is 0 Å². The van der Waals surface area contributed by atoms with Gasteiger partial charge in [0.05, 0.1) is 0 Å². The van der Waals surface area contributed by atoms with E-state index in [0.29, 0.717) is 5.82 Å². The third kappa shape index (κ3) is 2.25. The number of aryl methyl sites for hydroxylation is 1. The minimum Gasteiger partial charge on any atom is -0.270 e. The number of hydrogen-bond acceptors (Lipinski definition) is 2. The minimum atomic E-state index is -0.0844. The average molecular weight is 212 g/mol. The van der Waals surface area contributed by atoms with Gasteiger partial charge in [-0.25, -0.2) is 4.98 Å². The molecule has 0 N–H and O–H groups in total. The van der Waals surface area contributed by atoms with Gasteiger partial charge in [0.25, 0.3) is 5.91 Å². The number of imidazole rings is 1. The van der Waals surface area contributed by atoms with Crippen molar-refractivity contribution in [2.24, 2.45) is 0 Å². The quantitative estimate of drug-likeness (QED) is 0.717. The Hall–Kier alpha value is -2.16. The number of carbonyl (C=O) groups is 1. The summed E-state index contributed by atoms with van der Waals surface area (Å²) in [5.41, 5.74) is 1.01. The molecule has 1 aromatic carbocycles. The third-order valence-corrected chi connectivity index (χ3v) is 2.28. The monoisotopic (exact) mass is 212 g/mol. The van der Waals surface area contributed by atoms with E-state index >= 15 is 0 Å². The lowest BCUT2D eigenvalue weighted by Gasteiger charge is -1.97. The number of benzene rings is 1. The van der Waals surface area contributed by atoms with Crippen LogP contribution in [0.4, 0.5) is 0 Å². The molecule has 0 saturated heterocycles. The van der Waals surface area contributed by atoms with Crippen molar-refractivity contribution < 1.29 is 4.79 Å². The maximum atomic E-state index is 11.7. The van der Waals surface area contributed by atoms with E-state index in [4.69, 9.17) is 0 Å². The van der Waals surface area contributed by atoms with Crippen LogP contribution < -0.4 is 0 Å². The molecule has 0 aliphatic carbocycles. The van der Waals surface area contributed by atoms with E-state index in [2.05, 4.69) is 4.98 Å². The molecular weight excluding hydrogens is 200 g/mol. The first-order chi connectivity index (χ1) is 7.77. The average Bonchev–Trinajstić information content (AvgIpc) is 2.74. The summed E-state index contributed by atoms with van der Waals surface area (Å²) in [4.78, 5) is 15.7. The van der Waals surface area contributed by atoms with Crippen molar-refractivity contribution in [3.05, 3.63) is 60.2 Å². The molecule has 0 aliphatic rings. The molecular formula is C13H12N2O. The van der Waals surface area contributed by atoms with E-state index in [0.717, 1.165) is 5.56 Å². The summed E-state index contributed by atoms with van der Waals surface area (Å²) < 4.78 is 1.51. The van der Waals surface area contributed by atoms with Crippen molar-refractivity contribution in [2.75, 3.05) is 0 Å². The van der Waals surface area contributed by atoms with Crippen molar-refractivity contribution in [3.8, 4) is 0 Å². The van der Waals surface area contributed by atoms with Crippen LogP contribution in [0.25, 0.3) is 6.08 Å². The van der Waals surface area contributed by atoms with Gasteiger partial charge < -0.3 is 0 Å². The van der Waals surface area contributed by atoms with Gasteiger partial charge in [0.15, 0.2) is 0 Å². The molecule has 0 aliphatic heterocycles. The highest BCUT2D eigenvalue weighted by molar-refractivity contribution is 5.93. The van der Waals surface area contributed by atoms with Crippen molar-refractivity contribution in [1.82, 2.24) is 9.55 Å². The second kappa shape index (κ2) is 4.57. The molecule has 0 amide bonds. The van der Waals surface area contributed by atoms with Crippen LogP contribution in [0, 0.1) is 6.92 Å². The third-order valence-electron chi connectivity index (χ3n) is 2.28. The Balaban J connectivity index is 2.15. The van der Waals surface area contributed by atoms with Crippen molar-refractivity contribution in [3.63, 3.8) is 0 Å². The molecule has 1 heterocycles. The van der Waals surface area contributed by atoms with Crippen LogP contribution in [-0.2, 0) is 0 Å². The first kappa shape index (κ1) is 10.4. The van der Waals surface area contributed by atoms with E-state index in [9.17, 15) is 4.79 Å². The molecule has 2 rings (SSSR count). The van der Waals surface area contributed by atoms with Gasteiger partial charge in [0, 0.05) is 18.5 Å². The van der Waals surface area contributed by atoms with E-state index in [1.165, 1.54) is 4.57 Å². The fraction of sp³-hybridized carbons (Fsp3) is 0.0769. The standard InChI is InChI=1S/C13H12N2O/c1-11-14-9-10-15(11)13(16)8-7-12-5-3-2-4-6-12/h2-10H,1H3/b8-7+. The van der Waals surface area contributed by atoms with E-state index < -0.39 is 0 Å². The van der Waals surface area contributed by atoms with Crippen LogP contribution in [0.15, 0.2) is 48.8 Å². The van der Waals surface area contributed by atoms with E-state index in [1.807, 2.05) is 30.3 Å². The summed E-state index contributed by atoms with van der Waals surface area (Å²) in [6, 6.07) is 9.72. The Labute approximate surface area is 94.1 Å². The van der Waals surface area contributed by atoms with Crippen LogP contribution in [0.3, 0.4) is 0 Å². The molecule has 3 heteroatoms. The molecule has 1 aromatic heterocycles. The molecule has 0 bridgehead atoms. The highest BCUT2D eigenvalue weighted by Crippen LogP contribution is 2.02. The Bertz CT molecular complexity index is 512. The number of rotatable bonds is 2. The summed E-state index contributed by atoms with van der Waals surface area (Å²) in [6.45, 7) is 1.80. The molecule has 3 nitrogen and oxygen atoms in total. The molecule has 16 heavy (non-hydrogen) atoms. The van der Waals surface area contributed by atoms with Gasteiger partial charge in [-0.05, 0) is 18.6 Å². The van der Waals surface area contributed by atoms with Crippen molar-refractivity contribution in [1.29, 1.82) is 0 Å². The molecule has 0 spiro atoms. The van der Waals surface area contributed by atoms with Crippen LogP contribution in [0.2, 0.25) is 0 Å².